The third-order valence-corrected chi connectivity index (χ3v) is 1.91. The molecule has 0 saturated heterocycles. The van der Waals surface area contributed by atoms with Crippen molar-refractivity contribution in [3.63, 3.8) is 0 Å². The number of hydrogen-bond donors (Lipinski definition) is 0. The fraction of sp³-hybridized carbons (Fsp3) is 0.100. The van der Waals surface area contributed by atoms with Crippen LogP contribution in [-0.2, 0) is 0 Å². The quantitative estimate of drug-likeness (QED) is 0.344. The number of allylic oxidation sites excluding steroid dienone is 2. The molecule has 0 fully saturated rings. The first kappa shape index (κ1) is 12.2. The van der Waals surface area contributed by atoms with Crippen molar-refractivity contribution in [3.8, 4) is 5.75 Å². The lowest BCUT2D eigenvalue weighted by molar-refractivity contribution is -0.386. The predicted molar refractivity (Wildman–Crippen MR) is 60.7 cm³/mol. The van der Waals surface area contributed by atoms with Gasteiger partial charge in [0.05, 0.1) is 4.92 Å². The van der Waals surface area contributed by atoms with Gasteiger partial charge < -0.3 is 4.74 Å². The zero-order valence-electron chi connectivity index (χ0n) is 8.30. The molecule has 5 nitrogen and oxygen atoms in total. The summed E-state index contributed by atoms with van der Waals surface area (Å²) in [4.78, 5) is 13.7. The van der Waals surface area contributed by atoms with Crippen LogP contribution in [0.3, 0.4) is 0 Å². The molecule has 0 N–H and O–H groups in total. The average molecular weight is 241 g/mol. The topological polar surface area (TPSA) is 65.3 Å². The van der Waals surface area contributed by atoms with E-state index >= 15 is 0 Å². The van der Waals surface area contributed by atoms with E-state index in [2.05, 4.69) is 11.6 Å². The zero-order valence-corrected chi connectivity index (χ0v) is 9.05. The second-order valence-electron chi connectivity index (χ2n) is 2.68. The predicted octanol–water partition coefficient (Wildman–Crippen LogP) is 2.76. The van der Waals surface area contributed by atoms with Crippen LogP contribution in [0.2, 0.25) is 5.15 Å². The molecule has 0 aliphatic rings. The summed E-state index contributed by atoms with van der Waals surface area (Å²) >= 11 is 5.60. The Morgan fingerprint density at radius 2 is 2.44 bits per heavy atom. The summed E-state index contributed by atoms with van der Waals surface area (Å²) < 4.78 is 5.18. The SMILES string of the molecule is C=C/C=C\COc1ccnc(Cl)c1[N+](=O)[O-]. The van der Waals surface area contributed by atoms with E-state index in [1.165, 1.54) is 12.3 Å². The van der Waals surface area contributed by atoms with Crippen LogP contribution in [0.1, 0.15) is 0 Å². The van der Waals surface area contributed by atoms with Crippen molar-refractivity contribution in [2.24, 2.45) is 0 Å². The first-order valence-electron chi connectivity index (χ1n) is 4.36. The van der Waals surface area contributed by atoms with E-state index in [1.54, 1.807) is 18.2 Å². The van der Waals surface area contributed by atoms with Crippen LogP contribution in [0.15, 0.2) is 37.1 Å². The number of pyridine rings is 1. The third kappa shape index (κ3) is 3.06. The highest BCUT2D eigenvalue weighted by Crippen LogP contribution is 2.32. The van der Waals surface area contributed by atoms with E-state index in [0.717, 1.165) is 0 Å². The Morgan fingerprint density at radius 3 is 3.06 bits per heavy atom. The fourth-order valence-electron chi connectivity index (χ4n) is 0.984. The van der Waals surface area contributed by atoms with Crippen molar-refractivity contribution in [3.05, 3.63) is 52.3 Å². The molecular formula is C10H9ClN2O3. The molecule has 1 aromatic heterocycles. The molecule has 0 atom stereocenters. The third-order valence-electron chi connectivity index (χ3n) is 1.63. The lowest BCUT2D eigenvalue weighted by atomic mass is 10.4. The molecule has 6 heteroatoms. The smallest absolute Gasteiger partial charge is 0.347 e. The molecule has 0 aliphatic heterocycles. The maximum Gasteiger partial charge on any atom is 0.347 e. The van der Waals surface area contributed by atoms with Crippen molar-refractivity contribution in [1.82, 2.24) is 4.98 Å². The first-order valence-corrected chi connectivity index (χ1v) is 4.74. The van der Waals surface area contributed by atoms with Gasteiger partial charge in [0.1, 0.15) is 6.61 Å². The molecular weight excluding hydrogens is 232 g/mol. The summed E-state index contributed by atoms with van der Waals surface area (Å²) in [5, 5.41) is 10.5. The van der Waals surface area contributed by atoms with Gasteiger partial charge in [0, 0.05) is 12.3 Å². The van der Waals surface area contributed by atoms with E-state index in [4.69, 9.17) is 16.3 Å². The van der Waals surface area contributed by atoms with Crippen molar-refractivity contribution in [1.29, 1.82) is 0 Å². The molecule has 0 spiro atoms. The monoisotopic (exact) mass is 240 g/mol. The van der Waals surface area contributed by atoms with Gasteiger partial charge >= 0.3 is 5.69 Å². The van der Waals surface area contributed by atoms with E-state index < -0.39 is 4.92 Å². The fourth-order valence-corrected chi connectivity index (χ4v) is 1.20. The molecule has 0 aliphatic carbocycles. The molecule has 0 saturated carbocycles. The highest BCUT2D eigenvalue weighted by Gasteiger charge is 2.20. The lowest BCUT2D eigenvalue weighted by Gasteiger charge is -2.03. The van der Waals surface area contributed by atoms with Crippen LogP contribution in [0.5, 0.6) is 5.75 Å². The van der Waals surface area contributed by atoms with Crippen LogP contribution in [0, 0.1) is 10.1 Å². The van der Waals surface area contributed by atoms with Gasteiger partial charge in [0.2, 0.25) is 10.9 Å². The van der Waals surface area contributed by atoms with E-state index in [0.29, 0.717) is 0 Å². The van der Waals surface area contributed by atoms with Crippen LogP contribution in [-0.4, -0.2) is 16.5 Å². The Bertz CT molecular complexity index is 432. The summed E-state index contributed by atoms with van der Waals surface area (Å²) in [6, 6.07) is 1.39. The van der Waals surface area contributed by atoms with Gasteiger partial charge in [0.25, 0.3) is 0 Å². The van der Waals surface area contributed by atoms with Gasteiger partial charge in [-0.3, -0.25) is 10.1 Å². The van der Waals surface area contributed by atoms with E-state index in [9.17, 15) is 10.1 Å². The molecule has 1 heterocycles. The Labute approximate surface area is 97.2 Å². The molecule has 0 radical (unpaired) electrons. The summed E-state index contributed by atoms with van der Waals surface area (Å²) in [5.74, 6) is 0.0960. The number of aromatic nitrogens is 1. The van der Waals surface area contributed by atoms with E-state index in [-0.39, 0.29) is 23.2 Å². The maximum absolute atomic E-state index is 10.7. The summed E-state index contributed by atoms with van der Waals surface area (Å²) in [6.45, 7) is 3.69. The van der Waals surface area contributed by atoms with Gasteiger partial charge in [0.15, 0.2) is 0 Å². The standard InChI is InChI=1S/C10H9ClN2O3/c1-2-3-4-7-16-8-5-6-12-10(11)9(8)13(14)15/h2-6H,1,7H2/b4-3-. The van der Waals surface area contributed by atoms with Gasteiger partial charge in [-0.15, -0.1) is 0 Å². The highest BCUT2D eigenvalue weighted by atomic mass is 35.5. The lowest BCUT2D eigenvalue weighted by Crippen LogP contribution is -1.99. The van der Waals surface area contributed by atoms with Gasteiger partial charge in [-0.2, -0.15) is 0 Å². The van der Waals surface area contributed by atoms with Crippen molar-refractivity contribution in [2.45, 2.75) is 0 Å². The zero-order chi connectivity index (χ0) is 12.0. The molecule has 1 aromatic rings. The van der Waals surface area contributed by atoms with Crippen LogP contribution in [0.4, 0.5) is 5.69 Å². The molecule has 0 unspecified atom stereocenters. The second-order valence-corrected chi connectivity index (χ2v) is 3.04. The van der Waals surface area contributed by atoms with Crippen LogP contribution >= 0.6 is 11.6 Å². The summed E-state index contributed by atoms with van der Waals surface area (Å²) in [5.41, 5.74) is -0.323. The minimum Gasteiger partial charge on any atom is -0.482 e. The Kier molecular flexibility index (Phi) is 4.47. The van der Waals surface area contributed by atoms with Gasteiger partial charge in [-0.1, -0.05) is 30.3 Å². The number of hydrogen-bond acceptors (Lipinski definition) is 4. The van der Waals surface area contributed by atoms with E-state index in [1.807, 2.05) is 0 Å². The molecule has 0 aromatic carbocycles. The molecule has 16 heavy (non-hydrogen) atoms. The minimum atomic E-state index is -0.623. The Balaban J connectivity index is 2.87. The molecule has 0 amide bonds. The first-order chi connectivity index (χ1) is 7.66. The number of ether oxygens (including phenoxy) is 1. The van der Waals surface area contributed by atoms with Gasteiger partial charge in [-0.05, 0) is 6.08 Å². The molecule has 0 bridgehead atoms. The number of nitro groups is 1. The normalized spacial score (nSPS) is 10.3. The Morgan fingerprint density at radius 1 is 1.69 bits per heavy atom. The van der Waals surface area contributed by atoms with Gasteiger partial charge in [-0.25, -0.2) is 4.98 Å². The average Bonchev–Trinajstić information content (AvgIpc) is 2.24. The Hall–Kier alpha value is -1.88. The highest BCUT2D eigenvalue weighted by molar-refractivity contribution is 6.31. The van der Waals surface area contributed by atoms with Crippen LogP contribution < -0.4 is 4.74 Å². The number of halogens is 1. The summed E-state index contributed by atoms with van der Waals surface area (Å²) in [7, 11) is 0. The second kappa shape index (κ2) is 5.87. The molecule has 84 valence electrons. The van der Waals surface area contributed by atoms with Crippen molar-refractivity contribution >= 4 is 17.3 Å². The number of rotatable bonds is 5. The van der Waals surface area contributed by atoms with Crippen molar-refractivity contribution < 1.29 is 9.66 Å². The summed E-state index contributed by atoms with van der Waals surface area (Å²) in [6.07, 6.45) is 6.28. The largest absolute Gasteiger partial charge is 0.482 e. The van der Waals surface area contributed by atoms with Crippen LogP contribution in [0.25, 0.3) is 0 Å². The number of nitrogens with zero attached hydrogens (tertiary/aromatic N) is 2. The maximum atomic E-state index is 10.7. The molecule has 1 rings (SSSR count). The minimum absolute atomic E-state index is 0.0960. The van der Waals surface area contributed by atoms with Crippen molar-refractivity contribution in [2.75, 3.05) is 6.61 Å².